The molecule has 0 saturated carbocycles. The maximum absolute atomic E-state index is 11.9. The Morgan fingerprint density at radius 2 is 2.11 bits per heavy atom. The van der Waals surface area contributed by atoms with E-state index in [1.807, 2.05) is 13.8 Å². The number of ether oxygens (including phenoxy) is 1. The van der Waals surface area contributed by atoms with Crippen molar-refractivity contribution < 1.29 is 22.7 Å². The second kappa shape index (κ2) is 6.40. The van der Waals surface area contributed by atoms with Crippen LogP contribution in [0.2, 0.25) is 0 Å². The van der Waals surface area contributed by atoms with E-state index in [-0.39, 0.29) is 17.4 Å². The minimum Gasteiger partial charge on any atom is -0.468 e. The van der Waals surface area contributed by atoms with Gasteiger partial charge in [0.25, 0.3) is 5.91 Å². The van der Waals surface area contributed by atoms with E-state index in [2.05, 4.69) is 15.0 Å². The van der Waals surface area contributed by atoms with Crippen LogP contribution in [-0.4, -0.2) is 30.2 Å². The fourth-order valence-electron chi connectivity index (χ4n) is 1.15. The Labute approximate surface area is 109 Å². The van der Waals surface area contributed by atoms with Gasteiger partial charge in [0.15, 0.2) is 6.61 Å². The summed E-state index contributed by atoms with van der Waals surface area (Å²) in [4.78, 5) is 15.3. The summed E-state index contributed by atoms with van der Waals surface area (Å²) in [6.07, 6.45) is -3.23. The molecule has 0 radical (unpaired) electrons. The van der Waals surface area contributed by atoms with E-state index >= 15 is 0 Å². The summed E-state index contributed by atoms with van der Waals surface area (Å²) in [5, 5.41) is 2.67. The summed E-state index contributed by atoms with van der Waals surface area (Å²) in [6.45, 7) is 3.02. The van der Waals surface area contributed by atoms with Crippen LogP contribution >= 0.6 is 0 Å². The van der Waals surface area contributed by atoms with E-state index in [4.69, 9.17) is 0 Å². The molecule has 1 heterocycles. The lowest BCUT2D eigenvalue weighted by Gasteiger charge is -2.09. The van der Waals surface area contributed by atoms with Crippen molar-refractivity contribution in [2.75, 3.05) is 13.2 Å². The second-order valence-corrected chi connectivity index (χ2v) is 4.39. The Morgan fingerprint density at radius 1 is 1.42 bits per heavy atom. The monoisotopic (exact) mass is 276 g/mol. The molecule has 0 aromatic carbocycles. The molecule has 0 fully saturated rings. The third kappa shape index (κ3) is 6.08. The molecule has 1 aromatic heterocycles. The smallest absolute Gasteiger partial charge is 0.422 e. The number of aromatic nitrogens is 1. The van der Waals surface area contributed by atoms with E-state index < -0.39 is 12.8 Å². The Hall–Kier alpha value is -1.79. The first-order valence-corrected chi connectivity index (χ1v) is 5.72. The van der Waals surface area contributed by atoms with Crippen molar-refractivity contribution in [2.45, 2.75) is 20.0 Å². The summed E-state index contributed by atoms with van der Waals surface area (Å²) >= 11 is 0. The number of carbonyl (C=O) groups is 1. The molecule has 1 rings (SSSR count). The van der Waals surface area contributed by atoms with Gasteiger partial charge in [-0.3, -0.25) is 4.79 Å². The molecule has 4 nitrogen and oxygen atoms in total. The quantitative estimate of drug-likeness (QED) is 0.898. The molecule has 19 heavy (non-hydrogen) atoms. The fourth-order valence-corrected chi connectivity index (χ4v) is 1.15. The molecular weight excluding hydrogens is 261 g/mol. The van der Waals surface area contributed by atoms with Gasteiger partial charge in [-0.25, -0.2) is 4.98 Å². The highest BCUT2D eigenvalue weighted by atomic mass is 19.4. The third-order valence-electron chi connectivity index (χ3n) is 2.05. The normalized spacial score (nSPS) is 11.5. The van der Waals surface area contributed by atoms with Crippen LogP contribution in [0.25, 0.3) is 0 Å². The summed E-state index contributed by atoms with van der Waals surface area (Å²) in [7, 11) is 0. The van der Waals surface area contributed by atoms with Crippen molar-refractivity contribution in [1.82, 2.24) is 10.3 Å². The van der Waals surface area contributed by atoms with Crippen molar-refractivity contribution >= 4 is 5.91 Å². The molecule has 0 aliphatic heterocycles. The Morgan fingerprint density at radius 3 is 2.58 bits per heavy atom. The molecule has 106 valence electrons. The average Bonchev–Trinajstić information content (AvgIpc) is 2.33. The first-order chi connectivity index (χ1) is 8.78. The van der Waals surface area contributed by atoms with Crippen molar-refractivity contribution in [3.05, 3.63) is 23.9 Å². The summed E-state index contributed by atoms with van der Waals surface area (Å²) in [6, 6.07) is 2.60. The second-order valence-electron chi connectivity index (χ2n) is 4.39. The number of pyridine rings is 1. The van der Waals surface area contributed by atoms with E-state index in [1.54, 1.807) is 0 Å². The van der Waals surface area contributed by atoms with Crippen molar-refractivity contribution in [2.24, 2.45) is 5.92 Å². The maximum atomic E-state index is 11.9. The molecule has 1 aromatic rings. The molecule has 0 aliphatic rings. The number of carbonyl (C=O) groups excluding carboxylic acids is 1. The van der Waals surface area contributed by atoms with Crippen molar-refractivity contribution in [3.63, 3.8) is 0 Å². The molecule has 0 bridgehead atoms. The third-order valence-corrected chi connectivity index (χ3v) is 2.05. The first-order valence-electron chi connectivity index (χ1n) is 5.72. The standard InChI is InChI=1S/C12H15F3N2O2/c1-8(2)5-17-11(18)9-3-4-10(16-6-9)19-7-12(13,14)15/h3-4,6,8H,5,7H2,1-2H3,(H,17,18). The van der Waals surface area contributed by atoms with Crippen LogP contribution in [0.5, 0.6) is 5.88 Å². The number of rotatable bonds is 5. The van der Waals surface area contributed by atoms with E-state index in [9.17, 15) is 18.0 Å². The lowest BCUT2D eigenvalue weighted by Crippen LogP contribution is -2.27. The van der Waals surface area contributed by atoms with E-state index in [0.29, 0.717) is 12.5 Å². The lowest BCUT2D eigenvalue weighted by atomic mass is 10.2. The molecule has 0 saturated heterocycles. The van der Waals surface area contributed by atoms with Gasteiger partial charge >= 0.3 is 6.18 Å². The molecule has 0 aliphatic carbocycles. The number of hydrogen-bond donors (Lipinski definition) is 1. The van der Waals surface area contributed by atoms with Crippen molar-refractivity contribution in [3.8, 4) is 5.88 Å². The molecule has 0 atom stereocenters. The predicted octanol–water partition coefficient (Wildman–Crippen LogP) is 2.41. The highest BCUT2D eigenvalue weighted by Crippen LogP contribution is 2.16. The highest BCUT2D eigenvalue weighted by molar-refractivity contribution is 5.93. The van der Waals surface area contributed by atoms with Crippen LogP contribution in [-0.2, 0) is 0 Å². The highest BCUT2D eigenvalue weighted by Gasteiger charge is 2.28. The zero-order valence-electron chi connectivity index (χ0n) is 10.6. The van der Waals surface area contributed by atoms with E-state index in [0.717, 1.165) is 0 Å². The van der Waals surface area contributed by atoms with Crippen LogP contribution in [0, 0.1) is 5.92 Å². The van der Waals surface area contributed by atoms with Gasteiger partial charge in [0.05, 0.1) is 5.56 Å². The summed E-state index contributed by atoms with van der Waals surface area (Å²) in [5.74, 6) is -0.174. The van der Waals surface area contributed by atoms with Gasteiger partial charge in [0.1, 0.15) is 0 Å². The number of hydrogen-bond acceptors (Lipinski definition) is 3. The van der Waals surface area contributed by atoms with Crippen molar-refractivity contribution in [1.29, 1.82) is 0 Å². The molecular formula is C12H15F3N2O2. The minimum atomic E-state index is -4.41. The predicted molar refractivity (Wildman–Crippen MR) is 63.0 cm³/mol. The average molecular weight is 276 g/mol. The first kappa shape index (κ1) is 15.3. The number of nitrogens with one attached hydrogen (secondary N) is 1. The molecule has 0 spiro atoms. The Bertz CT molecular complexity index is 416. The molecule has 1 amide bonds. The zero-order chi connectivity index (χ0) is 14.5. The number of amides is 1. The maximum Gasteiger partial charge on any atom is 0.422 e. The largest absolute Gasteiger partial charge is 0.468 e. The van der Waals surface area contributed by atoms with Gasteiger partial charge in [-0.1, -0.05) is 13.8 Å². The molecule has 7 heteroatoms. The van der Waals surface area contributed by atoms with Crippen LogP contribution in [0.4, 0.5) is 13.2 Å². The molecule has 1 N–H and O–H groups in total. The fraction of sp³-hybridized carbons (Fsp3) is 0.500. The zero-order valence-corrected chi connectivity index (χ0v) is 10.6. The van der Waals surface area contributed by atoms with Crippen LogP contribution in [0.15, 0.2) is 18.3 Å². The van der Waals surface area contributed by atoms with Crippen LogP contribution in [0.1, 0.15) is 24.2 Å². The number of nitrogens with zero attached hydrogens (tertiary/aromatic N) is 1. The van der Waals surface area contributed by atoms with Gasteiger partial charge in [-0.15, -0.1) is 0 Å². The van der Waals surface area contributed by atoms with Gasteiger partial charge in [-0.2, -0.15) is 13.2 Å². The van der Waals surface area contributed by atoms with Crippen LogP contribution < -0.4 is 10.1 Å². The summed E-state index contributed by atoms with van der Waals surface area (Å²) in [5.41, 5.74) is 0.278. The number of halogens is 3. The number of alkyl halides is 3. The topological polar surface area (TPSA) is 51.2 Å². The van der Waals surface area contributed by atoms with Gasteiger partial charge in [-0.05, 0) is 12.0 Å². The summed E-state index contributed by atoms with van der Waals surface area (Å²) < 4.78 is 40.2. The van der Waals surface area contributed by atoms with Gasteiger partial charge in [0.2, 0.25) is 5.88 Å². The molecule has 0 unspecified atom stereocenters. The Balaban J connectivity index is 2.54. The van der Waals surface area contributed by atoms with Gasteiger partial charge in [0, 0.05) is 18.8 Å². The Kier molecular flexibility index (Phi) is 5.14. The van der Waals surface area contributed by atoms with Crippen LogP contribution in [0.3, 0.4) is 0 Å². The SMILES string of the molecule is CC(C)CNC(=O)c1ccc(OCC(F)(F)F)nc1. The van der Waals surface area contributed by atoms with E-state index in [1.165, 1.54) is 18.3 Å². The van der Waals surface area contributed by atoms with Gasteiger partial charge < -0.3 is 10.1 Å². The lowest BCUT2D eigenvalue weighted by molar-refractivity contribution is -0.154. The minimum absolute atomic E-state index is 0.169.